The molecule has 0 aliphatic carbocycles. The van der Waals surface area contributed by atoms with Crippen LogP contribution >= 0.6 is 24.0 Å². The molecule has 8 heteroatoms. The van der Waals surface area contributed by atoms with E-state index < -0.39 is 0 Å². The molecule has 1 aliphatic rings. The topological polar surface area (TPSA) is 88.5 Å². The summed E-state index contributed by atoms with van der Waals surface area (Å²) in [5, 5.41) is 7.70. The number of nitrogens with one attached hydrogen (secondary N) is 1. The molecule has 2 heterocycles. The van der Waals surface area contributed by atoms with Crippen molar-refractivity contribution in [2.45, 2.75) is 25.8 Å². The van der Waals surface area contributed by atoms with Gasteiger partial charge in [0.05, 0.1) is 5.69 Å². The van der Waals surface area contributed by atoms with Crippen LogP contribution in [-0.2, 0) is 11.3 Å². The van der Waals surface area contributed by atoms with E-state index in [1.807, 2.05) is 29.1 Å². The molecule has 2 aromatic rings. The molecule has 0 spiro atoms. The molecule has 1 fully saturated rings. The van der Waals surface area contributed by atoms with Gasteiger partial charge in [-0.1, -0.05) is 12.1 Å². The molecule has 1 aliphatic heterocycles. The van der Waals surface area contributed by atoms with Gasteiger partial charge in [0.1, 0.15) is 0 Å². The van der Waals surface area contributed by atoms with E-state index >= 15 is 0 Å². The van der Waals surface area contributed by atoms with Gasteiger partial charge in [0.25, 0.3) is 0 Å². The highest BCUT2D eigenvalue weighted by Gasteiger charge is 2.23. The molecular weight excluding hydrogens is 455 g/mol. The summed E-state index contributed by atoms with van der Waals surface area (Å²) >= 11 is 0. The first kappa shape index (κ1) is 21.2. The Bertz CT molecular complexity index is 761. The van der Waals surface area contributed by atoms with Crippen LogP contribution in [0.2, 0.25) is 0 Å². The van der Waals surface area contributed by atoms with Crippen LogP contribution in [-0.4, -0.2) is 46.7 Å². The zero-order valence-corrected chi connectivity index (χ0v) is 17.9. The van der Waals surface area contributed by atoms with Crippen LogP contribution in [0, 0.1) is 5.92 Å². The Morgan fingerprint density at radius 1 is 1.41 bits per heavy atom. The fraction of sp³-hybridized carbons (Fsp3) is 0.421. The highest BCUT2D eigenvalue weighted by atomic mass is 127. The van der Waals surface area contributed by atoms with Crippen LogP contribution in [0.5, 0.6) is 0 Å². The monoisotopic (exact) mass is 482 g/mol. The molecule has 3 N–H and O–H groups in total. The van der Waals surface area contributed by atoms with Crippen molar-refractivity contribution in [1.29, 1.82) is 0 Å². The van der Waals surface area contributed by atoms with Crippen molar-refractivity contribution >= 4 is 35.8 Å². The fourth-order valence-corrected chi connectivity index (χ4v) is 3.45. The van der Waals surface area contributed by atoms with E-state index in [1.54, 1.807) is 13.2 Å². The number of halogens is 1. The Morgan fingerprint density at radius 3 is 2.96 bits per heavy atom. The predicted octanol–water partition coefficient (Wildman–Crippen LogP) is 2.15. The smallest absolute Gasteiger partial charge is 0.217 e. The highest BCUT2D eigenvalue weighted by molar-refractivity contribution is 14.0. The van der Waals surface area contributed by atoms with E-state index in [0.29, 0.717) is 18.9 Å². The van der Waals surface area contributed by atoms with Crippen molar-refractivity contribution in [3.63, 3.8) is 0 Å². The van der Waals surface area contributed by atoms with Crippen LogP contribution in [0.4, 0.5) is 0 Å². The number of aliphatic imine (C=N–C) groups is 1. The number of carbonyl (C=O) groups is 1. The maximum Gasteiger partial charge on any atom is 0.217 e. The Kier molecular flexibility index (Phi) is 8.08. The van der Waals surface area contributed by atoms with E-state index in [0.717, 1.165) is 43.1 Å². The lowest BCUT2D eigenvalue weighted by atomic mass is 9.95. The number of nitrogens with zero attached hydrogens (tertiary/aromatic N) is 4. The Hall–Kier alpha value is -2.10. The third kappa shape index (κ3) is 5.95. The number of guanidine groups is 1. The van der Waals surface area contributed by atoms with Gasteiger partial charge in [-0.25, -0.2) is 4.68 Å². The first-order valence-electron chi connectivity index (χ1n) is 8.98. The number of aromatic nitrogens is 2. The molecule has 1 unspecified atom stereocenters. The molecule has 27 heavy (non-hydrogen) atoms. The van der Waals surface area contributed by atoms with Crippen molar-refractivity contribution < 1.29 is 4.79 Å². The molecule has 0 radical (unpaired) electrons. The second-order valence-electron chi connectivity index (χ2n) is 6.65. The summed E-state index contributed by atoms with van der Waals surface area (Å²) < 4.78 is 1.84. The third-order valence-corrected chi connectivity index (χ3v) is 4.65. The molecule has 7 nitrogen and oxygen atoms in total. The van der Waals surface area contributed by atoms with Crippen LogP contribution in [0.3, 0.4) is 0 Å². The number of carbonyl (C=O) groups excluding carboxylic acids is 1. The minimum atomic E-state index is -0.227. The molecule has 0 saturated carbocycles. The number of hydrogen-bond acceptors (Lipinski definition) is 3. The van der Waals surface area contributed by atoms with Crippen LogP contribution in [0.25, 0.3) is 5.69 Å². The Morgan fingerprint density at radius 2 is 2.26 bits per heavy atom. The largest absolute Gasteiger partial charge is 0.370 e. The van der Waals surface area contributed by atoms with E-state index in [2.05, 4.69) is 32.4 Å². The average Bonchev–Trinajstić information content (AvgIpc) is 3.17. The van der Waals surface area contributed by atoms with Gasteiger partial charge in [0.2, 0.25) is 5.91 Å². The van der Waals surface area contributed by atoms with Crippen LogP contribution in [0.1, 0.15) is 24.8 Å². The summed E-state index contributed by atoms with van der Waals surface area (Å²) in [5.74, 6) is 0.946. The third-order valence-electron chi connectivity index (χ3n) is 4.65. The number of primary amides is 1. The van der Waals surface area contributed by atoms with Gasteiger partial charge < -0.3 is 16.0 Å². The van der Waals surface area contributed by atoms with Crippen molar-refractivity contribution in [1.82, 2.24) is 20.0 Å². The average molecular weight is 482 g/mol. The van der Waals surface area contributed by atoms with Crippen molar-refractivity contribution in [3.05, 3.63) is 48.3 Å². The SMILES string of the molecule is CN=C(NCc1cccc(-n2cccn2)c1)N1CCCC(CC(N)=O)C1.I. The summed E-state index contributed by atoms with van der Waals surface area (Å²) in [5.41, 5.74) is 7.54. The number of benzene rings is 1. The maximum atomic E-state index is 11.2. The lowest BCUT2D eigenvalue weighted by Gasteiger charge is -2.34. The number of piperidine rings is 1. The zero-order valence-electron chi connectivity index (χ0n) is 15.5. The summed E-state index contributed by atoms with van der Waals surface area (Å²) in [7, 11) is 1.79. The second-order valence-corrected chi connectivity index (χ2v) is 6.65. The van der Waals surface area contributed by atoms with Crippen LogP contribution < -0.4 is 11.1 Å². The quantitative estimate of drug-likeness (QED) is 0.389. The van der Waals surface area contributed by atoms with E-state index in [1.165, 1.54) is 0 Å². The number of likely N-dealkylation sites (tertiary alicyclic amines) is 1. The van der Waals surface area contributed by atoms with Gasteiger partial charge in [-0.3, -0.25) is 9.79 Å². The van der Waals surface area contributed by atoms with Crippen LogP contribution in [0.15, 0.2) is 47.7 Å². The van der Waals surface area contributed by atoms with Gasteiger partial charge in [-0.2, -0.15) is 5.10 Å². The minimum absolute atomic E-state index is 0. The number of rotatable bonds is 5. The number of hydrogen-bond donors (Lipinski definition) is 2. The zero-order chi connectivity index (χ0) is 18.4. The second kappa shape index (κ2) is 10.3. The molecule has 1 atom stereocenters. The lowest BCUT2D eigenvalue weighted by molar-refractivity contribution is -0.119. The first-order valence-corrected chi connectivity index (χ1v) is 8.98. The molecule has 1 aromatic carbocycles. The van der Waals surface area contributed by atoms with Crippen molar-refractivity contribution in [2.24, 2.45) is 16.6 Å². The summed E-state index contributed by atoms with van der Waals surface area (Å²) in [6.07, 6.45) is 6.24. The van der Waals surface area contributed by atoms with Crippen molar-refractivity contribution in [2.75, 3.05) is 20.1 Å². The molecule has 1 aromatic heterocycles. The van der Waals surface area contributed by atoms with Gasteiger partial charge >= 0.3 is 0 Å². The summed E-state index contributed by atoms with van der Waals surface area (Å²) in [4.78, 5) is 17.8. The predicted molar refractivity (Wildman–Crippen MR) is 117 cm³/mol. The standard InChI is InChI=1S/C19H26N6O.HI/c1-21-19(24-9-3-6-16(14-24)12-18(20)26)22-13-15-5-2-7-17(11-15)25-10-4-8-23-25;/h2,4-5,7-8,10-11,16H,3,6,9,12-14H2,1H3,(H2,20,26)(H,21,22);1H. The van der Waals surface area contributed by atoms with E-state index in [-0.39, 0.29) is 29.9 Å². The highest BCUT2D eigenvalue weighted by Crippen LogP contribution is 2.19. The number of nitrogens with two attached hydrogens (primary N) is 1. The van der Waals surface area contributed by atoms with E-state index in [9.17, 15) is 4.79 Å². The van der Waals surface area contributed by atoms with Gasteiger partial charge in [0, 0.05) is 45.5 Å². The van der Waals surface area contributed by atoms with Gasteiger partial charge in [0.15, 0.2) is 5.96 Å². The molecule has 3 rings (SSSR count). The van der Waals surface area contributed by atoms with Crippen molar-refractivity contribution in [3.8, 4) is 5.69 Å². The molecule has 1 saturated heterocycles. The van der Waals surface area contributed by atoms with Gasteiger partial charge in [-0.05, 0) is 42.5 Å². The van der Waals surface area contributed by atoms with Gasteiger partial charge in [-0.15, -0.1) is 24.0 Å². The molecule has 1 amide bonds. The summed E-state index contributed by atoms with van der Waals surface area (Å²) in [6, 6.07) is 10.2. The molecule has 146 valence electrons. The normalized spacial score (nSPS) is 17.3. The lowest BCUT2D eigenvalue weighted by Crippen LogP contribution is -2.46. The fourth-order valence-electron chi connectivity index (χ4n) is 3.45. The summed E-state index contributed by atoms with van der Waals surface area (Å²) in [6.45, 7) is 2.44. The Balaban J connectivity index is 0.00000261. The first-order chi connectivity index (χ1) is 12.7. The number of amides is 1. The van der Waals surface area contributed by atoms with E-state index in [4.69, 9.17) is 5.73 Å². The molecular formula is C19H27IN6O. The maximum absolute atomic E-state index is 11.2. The minimum Gasteiger partial charge on any atom is -0.370 e. The molecule has 0 bridgehead atoms. The Labute approximate surface area is 177 Å².